The quantitative estimate of drug-likeness (QED) is 0.667. The van der Waals surface area contributed by atoms with Gasteiger partial charge in [0.25, 0.3) is 5.91 Å². The van der Waals surface area contributed by atoms with E-state index in [-0.39, 0.29) is 11.9 Å². The van der Waals surface area contributed by atoms with Gasteiger partial charge in [0.1, 0.15) is 6.29 Å². The Balaban J connectivity index is 2.24. The zero-order valence-electron chi connectivity index (χ0n) is 9.98. The lowest BCUT2D eigenvalue weighted by atomic mass is 10.1. The van der Waals surface area contributed by atoms with Crippen LogP contribution in [-0.4, -0.2) is 22.2 Å². The van der Waals surface area contributed by atoms with Gasteiger partial charge in [0.15, 0.2) is 0 Å². The summed E-state index contributed by atoms with van der Waals surface area (Å²) in [6.07, 6.45) is 6.66. The van der Waals surface area contributed by atoms with E-state index < -0.39 is 0 Å². The van der Waals surface area contributed by atoms with Crippen molar-refractivity contribution in [3.05, 3.63) is 59.9 Å². The molecule has 0 aliphatic heterocycles. The highest BCUT2D eigenvalue weighted by Gasteiger charge is 2.10. The number of benzene rings is 1. The molecule has 2 rings (SSSR count). The first-order chi connectivity index (χ1) is 9.31. The fourth-order valence-corrected chi connectivity index (χ4v) is 1.52. The van der Waals surface area contributed by atoms with Crippen LogP contribution >= 0.6 is 0 Å². The predicted octanol–water partition coefficient (Wildman–Crippen LogP) is 1.94. The minimum Gasteiger partial charge on any atom is -0.299 e. The topological polar surface area (TPSA) is 72.0 Å². The van der Waals surface area contributed by atoms with Crippen molar-refractivity contribution < 1.29 is 9.59 Å². The van der Waals surface area contributed by atoms with Crippen LogP contribution in [-0.2, 0) is 4.79 Å². The lowest BCUT2D eigenvalue weighted by Crippen LogP contribution is -2.15. The maximum atomic E-state index is 12.1. The zero-order chi connectivity index (χ0) is 13.5. The summed E-state index contributed by atoms with van der Waals surface area (Å²) in [4.78, 5) is 30.3. The van der Waals surface area contributed by atoms with Crippen molar-refractivity contribution in [3.63, 3.8) is 0 Å². The monoisotopic (exact) mass is 253 g/mol. The van der Waals surface area contributed by atoms with E-state index in [9.17, 15) is 9.59 Å². The van der Waals surface area contributed by atoms with E-state index in [2.05, 4.69) is 15.3 Å². The summed E-state index contributed by atoms with van der Waals surface area (Å²) >= 11 is 0. The number of amides is 1. The van der Waals surface area contributed by atoms with E-state index in [4.69, 9.17) is 0 Å². The standard InChI is InChI=1S/C14H11N3O2/c18-10-3-6-11-5-1-2-7-12(11)13(19)17-14-15-8-4-9-16-14/h1-10H,(H,15,16,17,19)/b6-3+. The number of rotatable bonds is 4. The van der Waals surface area contributed by atoms with Crippen molar-refractivity contribution >= 4 is 24.2 Å². The van der Waals surface area contributed by atoms with Crippen molar-refractivity contribution in [1.82, 2.24) is 9.97 Å². The molecule has 0 atom stereocenters. The summed E-state index contributed by atoms with van der Waals surface area (Å²) in [5, 5.41) is 2.59. The van der Waals surface area contributed by atoms with Crippen LogP contribution in [0.25, 0.3) is 6.08 Å². The molecule has 1 heterocycles. The Morgan fingerprint density at radius 3 is 2.58 bits per heavy atom. The lowest BCUT2D eigenvalue weighted by molar-refractivity contribution is -0.104. The van der Waals surface area contributed by atoms with E-state index in [1.165, 1.54) is 6.08 Å². The molecule has 0 bridgehead atoms. The molecular formula is C14H11N3O2. The Bertz CT molecular complexity index is 609. The first-order valence-electron chi connectivity index (χ1n) is 5.60. The summed E-state index contributed by atoms with van der Waals surface area (Å²) < 4.78 is 0. The maximum absolute atomic E-state index is 12.1. The van der Waals surface area contributed by atoms with Gasteiger partial charge in [0, 0.05) is 18.0 Å². The van der Waals surface area contributed by atoms with Crippen LogP contribution in [0.15, 0.2) is 48.8 Å². The number of anilines is 1. The molecule has 0 aliphatic rings. The van der Waals surface area contributed by atoms with Gasteiger partial charge < -0.3 is 0 Å². The maximum Gasteiger partial charge on any atom is 0.258 e. The first-order valence-corrected chi connectivity index (χ1v) is 5.60. The fourth-order valence-electron chi connectivity index (χ4n) is 1.52. The number of hydrogen-bond donors (Lipinski definition) is 1. The molecule has 0 unspecified atom stereocenters. The second-order valence-corrected chi connectivity index (χ2v) is 3.61. The molecule has 0 aliphatic carbocycles. The number of carbonyl (C=O) groups excluding carboxylic acids is 2. The average Bonchev–Trinajstić information content (AvgIpc) is 2.46. The third-order valence-electron chi connectivity index (χ3n) is 2.35. The van der Waals surface area contributed by atoms with E-state index in [0.29, 0.717) is 17.4 Å². The zero-order valence-corrected chi connectivity index (χ0v) is 9.98. The molecule has 5 nitrogen and oxygen atoms in total. The van der Waals surface area contributed by atoms with E-state index >= 15 is 0 Å². The van der Waals surface area contributed by atoms with Gasteiger partial charge in [-0.05, 0) is 23.8 Å². The number of allylic oxidation sites excluding steroid dienone is 1. The van der Waals surface area contributed by atoms with Gasteiger partial charge >= 0.3 is 0 Å². The minimum atomic E-state index is -0.322. The van der Waals surface area contributed by atoms with Gasteiger partial charge in [-0.15, -0.1) is 0 Å². The highest BCUT2D eigenvalue weighted by molar-refractivity contribution is 6.06. The van der Waals surface area contributed by atoms with Crippen molar-refractivity contribution in [1.29, 1.82) is 0 Å². The number of nitrogens with zero attached hydrogens (tertiary/aromatic N) is 2. The van der Waals surface area contributed by atoms with Gasteiger partial charge in [-0.3, -0.25) is 14.9 Å². The van der Waals surface area contributed by atoms with E-state index in [0.717, 1.165) is 0 Å². The van der Waals surface area contributed by atoms with E-state index in [1.807, 2.05) is 0 Å². The third-order valence-corrected chi connectivity index (χ3v) is 2.35. The number of hydrogen-bond acceptors (Lipinski definition) is 4. The molecule has 19 heavy (non-hydrogen) atoms. The minimum absolute atomic E-state index is 0.238. The summed E-state index contributed by atoms with van der Waals surface area (Å²) in [7, 11) is 0. The van der Waals surface area contributed by atoms with Crippen molar-refractivity contribution in [3.8, 4) is 0 Å². The largest absolute Gasteiger partial charge is 0.299 e. The summed E-state index contributed by atoms with van der Waals surface area (Å²) in [6.45, 7) is 0. The Kier molecular flexibility index (Phi) is 4.12. The Morgan fingerprint density at radius 1 is 1.11 bits per heavy atom. The molecule has 0 fully saturated rings. The smallest absolute Gasteiger partial charge is 0.258 e. The molecule has 0 saturated carbocycles. The number of aldehydes is 1. The van der Waals surface area contributed by atoms with Gasteiger partial charge in [-0.2, -0.15) is 0 Å². The lowest BCUT2D eigenvalue weighted by Gasteiger charge is -2.05. The van der Waals surface area contributed by atoms with Crippen LogP contribution in [0.1, 0.15) is 15.9 Å². The molecular weight excluding hydrogens is 242 g/mol. The number of nitrogens with one attached hydrogen (secondary N) is 1. The van der Waals surface area contributed by atoms with Crippen molar-refractivity contribution in [2.45, 2.75) is 0 Å². The molecule has 1 N–H and O–H groups in total. The molecule has 0 saturated heterocycles. The van der Waals surface area contributed by atoms with E-state index in [1.54, 1.807) is 48.8 Å². The van der Waals surface area contributed by atoms with Gasteiger partial charge in [0.05, 0.1) is 0 Å². The van der Waals surface area contributed by atoms with Crippen LogP contribution < -0.4 is 5.32 Å². The molecule has 0 radical (unpaired) electrons. The second kappa shape index (κ2) is 6.20. The molecule has 94 valence electrons. The van der Waals surface area contributed by atoms with Gasteiger partial charge in [0.2, 0.25) is 5.95 Å². The highest BCUT2D eigenvalue weighted by Crippen LogP contribution is 2.12. The predicted molar refractivity (Wildman–Crippen MR) is 71.5 cm³/mol. The molecule has 5 heteroatoms. The van der Waals surface area contributed by atoms with Crippen molar-refractivity contribution in [2.24, 2.45) is 0 Å². The average molecular weight is 253 g/mol. The molecule has 1 aromatic carbocycles. The first kappa shape index (κ1) is 12.6. The highest BCUT2D eigenvalue weighted by atomic mass is 16.1. The SMILES string of the molecule is O=C/C=C/c1ccccc1C(=O)Nc1ncccn1. The van der Waals surface area contributed by atoms with Crippen LogP contribution in [0.3, 0.4) is 0 Å². The van der Waals surface area contributed by atoms with Crippen LogP contribution in [0.5, 0.6) is 0 Å². The fraction of sp³-hybridized carbons (Fsp3) is 0. The summed E-state index contributed by atoms with van der Waals surface area (Å²) in [5.74, 6) is -0.0842. The molecule has 1 aromatic heterocycles. The molecule has 2 aromatic rings. The van der Waals surface area contributed by atoms with Crippen LogP contribution in [0.4, 0.5) is 5.95 Å². The van der Waals surface area contributed by atoms with Crippen molar-refractivity contribution in [2.75, 3.05) is 5.32 Å². The summed E-state index contributed by atoms with van der Waals surface area (Å²) in [5.41, 5.74) is 1.11. The second-order valence-electron chi connectivity index (χ2n) is 3.61. The number of carbonyl (C=O) groups is 2. The molecule has 0 spiro atoms. The Morgan fingerprint density at radius 2 is 1.84 bits per heavy atom. The molecule has 1 amide bonds. The third kappa shape index (κ3) is 3.32. The number of aromatic nitrogens is 2. The Labute approximate surface area is 110 Å². The van der Waals surface area contributed by atoms with Gasteiger partial charge in [-0.1, -0.05) is 24.3 Å². The van der Waals surface area contributed by atoms with Gasteiger partial charge in [-0.25, -0.2) is 9.97 Å². The normalized spacial score (nSPS) is 10.3. The summed E-state index contributed by atoms with van der Waals surface area (Å²) in [6, 6.07) is 8.62. The van der Waals surface area contributed by atoms with Crippen LogP contribution in [0, 0.1) is 0 Å². The van der Waals surface area contributed by atoms with Crippen LogP contribution in [0.2, 0.25) is 0 Å². The Hall–Kier alpha value is -2.82.